The molecule has 0 spiro atoms. The Bertz CT molecular complexity index is 1690. The zero-order chi connectivity index (χ0) is 27.2. The van der Waals surface area contributed by atoms with Gasteiger partial charge in [-0.15, -0.1) is 0 Å². The zero-order valence-corrected chi connectivity index (χ0v) is 21.9. The number of hydrogen-bond donors (Lipinski definition) is 2. The molecule has 3 aromatic carbocycles. The van der Waals surface area contributed by atoms with Crippen molar-refractivity contribution in [3.05, 3.63) is 119 Å². The minimum atomic E-state index is -0.129. The minimum absolute atomic E-state index is 0.129. The molecule has 2 heterocycles. The van der Waals surface area contributed by atoms with E-state index >= 15 is 0 Å². The lowest BCUT2D eigenvalue weighted by Gasteiger charge is -2.16. The Kier molecular flexibility index (Phi) is 7.67. The number of nitrogens with zero attached hydrogens (tertiary/aromatic N) is 3. The van der Waals surface area contributed by atoms with Crippen molar-refractivity contribution in [2.75, 3.05) is 10.6 Å². The Balaban J connectivity index is 1.41. The first-order valence-electron chi connectivity index (χ1n) is 12.3. The Hall–Kier alpha value is -4.93. The molecule has 2 aromatic heterocycles. The van der Waals surface area contributed by atoms with E-state index in [1.54, 1.807) is 18.3 Å². The molecule has 0 aliphatic carbocycles. The molecule has 0 radical (unpaired) electrons. The molecule has 192 valence electrons. The van der Waals surface area contributed by atoms with Crippen LogP contribution in [-0.2, 0) is 17.8 Å². The van der Waals surface area contributed by atoms with E-state index in [0.29, 0.717) is 50.9 Å². The molecule has 5 aromatic rings. The Morgan fingerprint density at radius 3 is 2.59 bits per heavy atom. The fraction of sp³-hybridized carbons (Fsp3) is 0.0968. The topological polar surface area (TPSA) is 99.9 Å². The highest BCUT2D eigenvalue weighted by atomic mass is 35.5. The van der Waals surface area contributed by atoms with Crippen LogP contribution in [0.3, 0.4) is 0 Å². The van der Waals surface area contributed by atoms with Crippen LogP contribution in [0.25, 0.3) is 10.9 Å². The molecule has 8 heteroatoms. The largest absolute Gasteiger partial charge is 0.486 e. The summed E-state index contributed by atoms with van der Waals surface area (Å²) in [5, 5.41) is 17.2. The summed E-state index contributed by atoms with van der Waals surface area (Å²) in [5.74, 6) is 0.391. The van der Waals surface area contributed by atoms with Crippen LogP contribution in [0.2, 0.25) is 5.02 Å². The maximum absolute atomic E-state index is 12.8. The van der Waals surface area contributed by atoms with Crippen molar-refractivity contribution < 1.29 is 9.53 Å². The van der Waals surface area contributed by atoms with Gasteiger partial charge in [0.05, 0.1) is 33.9 Å². The van der Waals surface area contributed by atoms with Crippen LogP contribution >= 0.6 is 11.6 Å². The Labute approximate surface area is 231 Å². The number of rotatable bonds is 8. The third kappa shape index (κ3) is 6.15. The number of ether oxygens (including phenoxy) is 1. The summed E-state index contributed by atoms with van der Waals surface area (Å²) in [6.45, 7) is 2.20. The summed E-state index contributed by atoms with van der Waals surface area (Å²) in [7, 11) is 0. The third-order valence-electron chi connectivity index (χ3n) is 6.12. The van der Waals surface area contributed by atoms with E-state index in [2.05, 4.69) is 26.7 Å². The lowest BCUT2D eigenvalue weighted by molar-refractivity contribution is -0.115. The first-order valence-corrected chi connectivity index (χ1v) is 12.6. The molecule has 39 heavy (non-hydrogen) atoms. The number of benzene rings is 3. The molecule has 0 unspecified atom stereocenters. The number of carbonyl (C=O) groups excluding carboxylic acids is 1. The minimum Gasteiger partial charge on any atom is -0.486 e. The van der Waals surface area contributed by atoms with Gasteiger partial charge in [0.1, 0.15) is 18.4 Å². The zero-order valence-electron chi connectivity index (χ0n) is 21.1. The molecule has 7 nitrogen and oxygen atoms in total. The van der Waals surface area contributed by atoms with Gasteiger partial charge >= 0.3 is 0 Å². The van der Waals surface area contributed by atoms with Crippen molar-refractivity contribution in [1.29, 1.82) is 5.26 Å². The second kappa shape index (κ2) is 11.6. The van der Waals surface area contributed by atoms with Crippen LogP contribution in [0.1, 0.15) is 22.4 Å². The fourth-order valence-electron chi connectivity index (χ4n) is 4.15. The van der Waals surface area contributed by atoms with Crippen LogP contribution in [0.5, 0.6) is 5.75 Å². The van der Waals surface area contributed by atoms with E-state index in [9.17, 15) is 10.1 Å². The average molecular weight is 534 g/mol. The second-order valence-corrected chi connectivity index (χ2v) is 9.34. The van der Waals surface area contributed by atoms with Crippen molar-refractivity contribution in [3.8, 4) is 11.8 Å². The maximum atomic E-state index is 12.8. The first-order chi connectivity index (χ1) is 19.0. The van der Waals surface area contributed by atoms with E-state index in [0.717, 1.165) is 16.8 Å². The van der Waals surface area contributed by atoms with Gasteiger partial charge in [-0.3, -0.25) is 14.8 Å². The molecule has 0 saturated heterocycles. The van der Waals surface area contributed by atoms with Crippen molar-refractivity contribution in [1.82, 2.24) is 9.97 Å². The number of halogens is 1. The molecule has 0 bridgehead atoms. The quantitative estimate of drug-likeness (QED) is 0.223. The van der Waals surface area contributed by atoms with Crippen LogP contribution in [0.4, 0.5) is 17.1 Å². The van der Waals surface area contributed by atoms with Gasteiger partial charge in [0.2, 0.25) is 5.91 Å². The first kappa shape index (κ1) is 25.7. The lowest BCUT2D eigenvalue weighted by atomic mass is 10.0. The van der Waals surface area contributed by atoms with Gasteiger partial charge in [0.25, 0.3) is 0 Å². The Morgan fingerprint density at radius 2 is 1.85 bits per heavy atom. The standard InChI is InChI=1S/C31H24ClN5O2/c1-20-13-28-25(16-27(20)37-30(38)14-21-7-3-2-4-8-21)31(22(17-33)18-35-28)36-23-10-11-29(26(32)15-23)39-19-24-9-5-6-12-34-24/h2-13,15-16,18H,14,19H2,1H3,(H,35,36)(H,37,38). The van der Waals surface area contributed by atoms with Gasteiger partial charge in [-0.25, -0.2) is 0 Å². The van der Waals surface area contributed by atoms with E-state index < -0.39 is 0 Å². The maximum Gasteiger partial charge on any atom is 0.228 e. The van der Waals surface area contributed by atoms with Gasteiger partial charge in [-0.1, -0.05) is 48.0 Å². The molecule has 0 aliphatic rings. The second-order valence-electron chi connectivity index (χ2n) is 8.93. The summed E-state index contributed by atoms with van der Waals surface area (Å²) in [4.78, 5) is 21.5. The summed E-state index contributed by atoms with van der Waals surface area (Å²) < 4.78 is 5.83. The predicted molar refractivity (Wildman–Crippen MR) is 153 cm³/mol. The monoisotopic (exact) mass is 533 g/mol. The number of pyridine rings is 2. The van der Waals surface area contributed by atoms with Crippen LogP contribution < -0.4 is 15.4 Å². The van der Waals surface area contributed by atoms with E-state index in [-0.39, 0.29) is 12.3 Å². The number of carbonyl (C=O) groups is 1. The van der Waals surface area contributed by atoms with Gasteiger partial charge in [-0.2, -0.15) is 5.26 Å². The molecular formula is C31H24ClN5O2. The number of amides is 1. The molecule has 0 saturated carbocycles. The molecule has 1 amide bonds. The number of nitrogens with one attached hydrogen (secondary N) is 2. The molecule has 5 rings (SSSR count). The molecule has 0 fully saturated rings. The van der Waals surface area contributed by atoms with Crippen LogP contribution in [-0.4, -0.2) is 15.9 Å². The average Bonchev–Trinajstić information content (AvgIpc) is 2.94. The SMILES string of the molecule is Cc1cc2ncc(C#N)c(Nc3ccc(OCc4ccccn4)c(Cl)c3)c2cc1NC(=O)Cc1ccccc1. The molecule has 2 N–H and O–H groups in total. The van der Waals surface area contributed by atoms with Crippen molar-refractivity contribution in [3.63, 3.8) is 0 Å². The van der Waals surface area contributed by atoms with Crippen LogP contribution in [0.15, 0.2) is 91.3 Å². The smallest absolute Gasteiger partial charge is 0.228 e. The summed E-state index contributed by atoms with van der Waals surface area (Å²) in [5.41, 5.74) is 5.53. The van der Waals surface area contributed by atoms with Gasteiger partial charge in [0, 0.05) is 29.2 Å². The number of anilines is 3. The number of fused-ring (bicyclic) bond motifs is 1. The molecule has 0 atom stereocenters. The normalized spacial score (nSPS) is 10.6. The van der Waals surface area contributed by atoms with Gasteiger partial charge < -0.3 is 15.4 Å². The Morgan fingerprint density at radius 1 is 1.03 bits per heavy atom. The van der Waals surface area contributed by atoms with E-state index in [4.69, 9.17) is 16.3 Å². The predicted octanol–water partition coefficient (Wildman–Crippen LogP) is 6.97. The summed E-state index contributed by atoms with van der Waals surface area (Å²) in [6.07, 6.45) is 3.50. The summed E-state index contributed by atoms with van der Waals surface area (Å²) >= 11 is 6.51. The van der Waals surface area contributed by atoms with Crippen LogP contribution in [0, 0.1) is 18.3 Å². The van der Waals surface area contributed by atoms with Gasteiger partial charge in [0.15, 0.2) is 0 Å². The number of nitriles is 1. The van der Waals surface area contributed by atoms with Gasteiger partial charge in [-0.05, 0) is 60.5 Å². The molecular weight excluding hydrogens is 510 g/mol. The summed E-state index contributed by atoms with van der Waals surface area (Å²) in [6, 6.07) is 26.4. The van der Waals surface area contributed by atoms with Crippen molar-refractivity contribution in [2.45, 2.75) is 20.0 Å². The van der Waals surface area contributed by atoms with Crippen molar-refractivity contribution >= 4 is 45.5 Å². The van der Waals surface area contributed by atoms with E-state index in [1.165, 1.54) is 6.20 Å². The third-order valence-corrected chi connectivity index (χ3v) is 6.41. The number of aromatic nitrogens is 2. The number of hydrogen-bond acceptors (Lipinski definition) is 6. The van der Waals surface area contributed by atoms with Crippen molar-refractivity contribution in [2.24, 2.45) is 0 Å². The lowest BCUT2D eigenvalue weighted by Crippen LogP contribution is -2.15. The highest BCUT2D eigenvalue weighted by molar-refractivity contribution is 6.32. The number of aryl methyl sites for hydroxylation is 1. The molecule has 0 aliphatic heterocycles. The van der Waals surface area contributed by atoms with E-state index in [1.807, 2.05) is 73.7 Å². The fourth-order valence-corrected chi connectivity index (χ4v) is 4.38. The highest BCUT2D eigenvalue weighted by Gasteiger charge is 2.14. The highest BCUT2D eigenvalue weighted by Crippen LogP contribution is 2.35.